The van der Waals surface area contributed by atoms with Gasteiger partial charge in [0.15, 0.2) is 5.82 Å². The molecule has 1 amide bonds. The molecule has 35 heavy (non-hydrogen) atoms. The zero-order valence-corrected chi connectivity index (χ0v) is 19.4. The smallest absolute Gasteiger partial charge is 0.270 e. The Morgan fingerprint density at radius 2 is 1.89 bits per heavy atom. The Kier molecular flexibility index (Phi) is 5.99. The molecular weight excluding hydrogens is 442 g/mol. The first-order chi connectivity index (χ1) is 17.0. The highest BCUT2D eigenvalue weighted by molar-refractivity contribution is 5.98. The summed E-state index contributed by atoms with van der Waals surface area (Å²) in [6, 6.07) is 17.2. The van der Waals surface area contributed by atoms with Crippen LogP contribution in [0, 0.1) is 0 Å². The molecule has 0 fully saturated rings. The van der Waals surface area contributed by atoms with E-state index in [-0.39, 0.29) is 18.6 Å². The van der Waals surface area contributed by atoms with Gasteiger partial charge in [0, 0.05) is 47.2 Å². The molecule has 9 nitrogen and oxygen atoms in total. The van der Waals surface area contributed by atoms with Crippen molar-refractivity contribution in [3.63, 3.8) is 0 Å². The van der Waals surface area contributed by atoms with E-state index >= 15 is 0 Å². The van der Waals surface area contributed by atoms with Crippen molar-refractivity contribution in [3.05, 3.63) is 78.9 Å². The number of carbonyl (C=O) groups excluding carboxylic acids is 1. The monoisotopic (exact) mass is 467 g/mol. The molecule has 0 aliphatic rings. The van der Waals surface area contributed by atoms with Crippen molar-refractivity contribution in [2.45, 2.75) is 13.0 Å². The number of hydrogen-bond donors (Lipinski definition) is 4. The third-order valence-electron chi connectivity index (χ3n) is 6.00. The molecule has 0 aliphatic heterocycles. The van der Waals surface area contributed by atoms with Crippen molar-refractivity contribution in [3.8, 4) is 22.5 Å². The fourth-order valence-electron chi connectivity index (χ4n) is 3.76. The van der Waals surface area contributed by atoms with E-state index in [4.69, 9.17) is 0 Å². The largest absolute Gasteiger partial charge is 0.394 e. The Morgan fingerprint density at radius 1 is 1.09 bits per heavy atom. The number of carbonyl (C=O) groups is 1. The highest BCUT2D eigenvalue weighted by Gasteiger charge is 2.19. The molecule has 3 heterocycles. The van der Waals surface area contributed by atoms with Gasteiger partial charge in [-0.1, -0.05) is 24.3 Å². The zero-order valence-electron chi connectivity index (χ0n) is 19.4. The summed E-state index contributed by atoms with van der Waals surface area (Å²) in [7, 11) is 1.68. The number of aliphatic hydroxyl groups excluding tert-OH is 1. The Hall–Kier alpha value is -4.50. The number of aromatic amines is 2. The second-order valence-electron chi connectivity index (χ2n) is 8.39. The molecule has 0 aliphatic carbocycles. The number of aromatic nitrogens is 5. The lowest BCUT2D eigenvalue weighted by molar-refractivity contribution is 0.0677. The van der Waals surface area contributed by atoms with Crippen molar-refractivity contribution in [2.24, 2.45) is 0 Å². The molecule has 5 aromatic rings. The van der Waals surface area contributed by atoms with E-state index in [1.54, 1.807) is 26.4 Å². The summed E-state index contributed by atoms with van der Waals surface area (Å²) in [4.78, 5) is 26.5. The summed E-state index contributed by atoms with van der Waals surface area (Å²) < 4.78 is 0. The van der Waals surface area contributed by atoms with Gasteiger partial charge in [-0.15, -0.1) is 0 Å². The van der Waals surface area contributed by atoms with E-state index in [0.29, 0.717) is 17.3 Å². The maximum atomic E-state index is 12.7. The number of rotatable bonds is 7. The molecule has 4 N–H and O–H groups in total. The predicted octanol–water partition coefficient (Wildman–Crippen LogP) is 4.21. The summed E-state index contributed by atoms with van der Waals surface area (Å²) in [6.45, 7) is 1.70. The molecule has 0 saturated heterocycles. The van der Waals surface area contributed by atoms with Crippen molar-refractivity contribution in [1.29, 1.82) is 0 Å². The quantitative estimate of drug-likeness (QED) is 0.284. The van der Waals surface area contributed by atoms with Gasteiger partial charge in [0.25, 0.3) is 5.91 Å². The second kappa shape index (κ2) is 9.40. The Balaban J connectivity index is 1.36. The van der Waals surface area contributed by atoms with Crippen LogP contribution in [0.3, 0.4) is 0 Å². The van der Waals surface area contributed by atoms with Crippen LogP contribution < -0.4 is 5.32 Å². The number of benzene rings is 2. The van der Waals surface area contributed by atoms with E-state index in [2.05, 4.69) is 30.5 Å². The molecule has 0 radical (unpaired) electrons. The lowest BCUT2D eigenvalue weighted by Crippen LogP contribution is -2.37. The van der Waals surface area contributed by atoms with E-state index in [1.807, 2.05) is 60.8 Å². The van der Waals surface area contributed by atoms with Gasteiger partial charge in [0.05, 0.1) is 18.8 Å². The number of anilines is 2. The zero-order chi connectivity index (χ0) is 24.4. The van der Waals surface area contributed by atoms with Gasteiger partial charge in [0.1, 0.15) is 11.5 Å². The fraction of sp³-hybridized carbons (Fsp3) is 0.154. The van der Waals surface area contributed by atoms with Gasteiger partial charge < -0.3 is 20.3 Å². The molecule has 1 atom stereocenters. The topological polar surface area (TPSA) is 123 Å². The van der Waals surface area contributed by atoms with Gasteiger partial charge in [0.2, 0.25) is 0 Å². The number of nitrogens with one attached hydrogen (secondary N) is 3. The number of hydrogen-bond acceptors (Lipinski definition) is 6. The first-order valence-electron chi connectivity index (χ1n) is 11.2. The van der Waals surface area contributed by atoms with Crippen LogP contribution in [0.15, 0.2) is 73.2 Å². The van der Waals surface area contributed by atoms with Gasteiger partial charge in [-0.25, -0.2) is 9.97 Å². The van der Waals surface area contributed by atoms with E-state index in [0.717, 1.165) is 33.3 Å². The van der Waals surface area contributed by atoms with E-state index < -0.39 is 0 Å². The molecule has 0 spiro atoms. The number of H-pyrrole nitrogens is 2. The highest BCUT2D eigenvalue weighted by Crippen LogP contribution is 2.25. The molecular formula is C26H25N7O2. The summed E-state index contributed by atoms with van der Waals surface area (Å²) in [5.74, 6) is 1.07. The lowest BCUT2D eigenvalue weighted by Gasteiger charge is -2.22. The van der Waals surface area contributed by atoms with Crippen LogP contribution >= 0.6 is 0 Å². The maximum Gasteiger partial charge on any atom is 0.270 e. The molecule has 9 heteroatoms. The van der Waals surface area contributed by atoms with Gasteiger partial charge in [-0.05, 0) is 42.8 Å². The molecule has 0 saturated carbocycles. The molecule has 176 valence electrons. The van der Waals surface area contributed by atoms with Gasteiger partial charge in [-0.2, -0.15) is 5.10 Å². The summed E-state index contributed by atoms with van der Waals surface area (Å²) in [5.41, 5.74) is 5.12. The molecule has 5 rings (SSSR count). The Labute approximate surface area is 201 Å². The highest BCUT2D eigenvalue weighted by atomic mass is 16.3. The normalized spacial score (nSPS) is 12.0. The van der Waals surface area contributed by atoms with E-state index in [1.165, 1.54) is 4.90 Å². The van der Waals surface area contributed by atoms with Crippen LogP contribution in [0.5, 0.6) is 0 Å². The SMILES string of the molecule is CC(CO)N(C)C(=O)c1cc2ccc(-c3nccc(Nc4ccc(-c5cn[nH]c5)cc4)n3)cc2[nH]1. The Morgan fingerprint density at radius 3 is 2.63 bits per heavy atom. The minimum Gasteiger partial charge on any atom is -0.394 e. The van der Waals surface area contributed by atoms with Crippen LogP contribution in [-0.4, -0.2) is 60.8 Å². The summed E-state index contributed by atoms with van der Waals surface area (Å²) >= 11 is 0. The van der Waals surface area contributed by atoms with Crippen LogP contribution in [0.4, 0.5) is 11.5 Å². The average molecular weight is 468 g/mol. The standard InChI is InChI=1S/C26H25N7O2/c1-16(15-34)33(2)26(35)23-11-18-3-4-19(12-22(18)31-23)25-27-10-9-24(32-25)30-21-7-5-17(6-8-21)20-13-28-29-14-20/h3-14,16,31,34H,15H2,1-2H3,(H,28,29)(H,27,30,32). The van der Waals surface area contributed by atoms with Crippen molar-refractivity contribution >= 4 is 28.3 Å². The summed E-state index contributed by atoms with van der Waals surface area (Å²) in [5, 5.41) is 20.4. The van der Waals surface area contributed by atoms with Crippen LogP contribution in [0.25, 0.3) is 33.4 Å². The number of amides is 1. The minimum absolute atomic E-state index is 0.0944. The fourth-order valence-corrected chi connectivity index (χ4v) is 3.76. The van der Waals surface area contributed by atoms with Gasteiger partial charge >= 0.3 is 0 Å². The first-order valence-corrected chi connectivity index (χ1v) is 11.2. The first kappa shape index (κ1) is 22.3. The van der Waals surface area contributed by atoms with Crippen LogP contribution in [0.2, 0.25) is 0 Å². The Bertz CT molecular complexity index is 1460. The summed E-state index contributed by atoms with van der Waals surface area (Å²) in [6.07, 6.45) is 5.35. The number of fused-ring (bicyclic) bond motifs is 1. The lowest BCUT2D eigenvalue weighted by atomic mass is 10.1. The number of likely N-dealkylation sites (N-methyl/N-ethyl adjacent to an activating group) is 1. The third-order valence-corrected chi connectivity index (χ3v) is 6.00. The minimum atomic E-state index is -0.269. The average Bonchev–Trinajstić information content (AvgIpc) is 3.58. The predicted molar refractivity (Wildman–Crippen MR) is 135 cm³/mol. The molecule has 2 aromatic carbocycles. The van der Waals surface area contributed by atoms with Gasteiger partial charge in [-0.3, -0.25) is 9.89 Å². The van der Waals surface area contributed by atoms with Crippen LogP contribution in [-0.2, 0) is 0 Å². The van der Waals surface area contributed by atoms with Crippen molar-refractivity contribution in [1.82, 2.24) is 30.0 Å². The maximum absolute atomic E-state index is 12.7. The molecule has 0 bridgehead atoms. The van der Waals surface area contributed by atoms with E-state index in [9.17, 15) is 9.90 Å². The third kappa shape index (κ3) is 4.62. The van der Waals surface area contributed by atoms with Crippen molar-refractivity contribution < 1.29 is 9.90 Å². The number of aliphatic hydroxyl groups is 1. The van der Waals surface area contributed by atoms with Crippen LogP contribution in [0.1, 0.15) is 17.4 Å². The van der Waals surface area contributed by atoms with Crippen molar-refractivity contribution in [2.75, 3.05) is 19.0 Å². The second-order valence-corrected chi connectivity index (χ2v) is 8.39. The molecule has 3 aromatic heterocycles. The molecule has 1 unspecified atom stereocenters. The number of nitrogens with zero attached hydrogens (tertiary/aromatic N) is 4.